The second-order valence-corrected chi connectivity index (χ2v) is 10.0. The summed E-state index contributed by atoms with van der Waals surface area (Å²) in [5.74, 6) is 2.36. The minimum Gasteiger partial charge on any atom is -0.496 e. The van der Waals surface area contributed by atoms with Gasteiger partial charge < -0.3 is 19.1 Å². The van der Waals surface area contributed by atoms with Crippen LogP contribution in [-0.4, -0.2) is 77.6 Å². The summed E-state index contributed by atoms with van der Waals surface area (Å²) >= 11 is 1.67. The zero-order valence-electron chi connectivity index (χ0n) is 20.0. The second-order valence-electron chi connectivity index (χ2n) is 8.78. The van der Waals surface area contributed by atoms with Crippen molar-refractivity contribution in [3.63, 3.8) is 0 Å². The topological polar surface area (TPSA) is 84.1 Å². The number of aromatic nitrogens is 2. The molecule has 0 radical (unpaired) electrons. The highest BCUT2D eigenvalue weighted by molar-refractivity contribution is 7.18. The highest BCUT2D eigenvalue weighted by Crippen LogP contribution is 2.29. The van der Waals surface area contributed by atoms with E-state index in [0.717, 1.165) is 69.9 Å². The standard InChI is InChI=1S/C26H30N4O4S/c1-18-27-24-13-20(7-8-26(24)35-18)33-17-19(31)15-29-9-11-30(12-10-29)16-21-14-23(28-34-21)22-5-3-4-6-25(22)32-2/h3-8,13-14,19,31H,9-12,15-17H2,1-2H3/t19-/m1/s1. The van der Waals surface area contributed by atoms with Crippen LogP contribution in [0.5, 0.6) is 11.5 Å². The fourth-order valence-electron chi connectivity index (χ4n) is 4.38. The van der Waals surface area contributed by atoms with E-state index in [1.807, 2.05) is 55.5 Å². The molecule has 35 heavy (non-hydrogen) atoms. The number of benzene rings is 2. The van der Waals surface area contributed by atoms with E-state index >= 15 is 0 Å². The first-order chi connectivity index (χ1) is 17.1. The van der Waals surface area contributed by atoms with E-state index in [-0.39, 0.29) is 6.61 Å². The lowest BCUT2D eigenvalue weighted by Crippen LogP contribution is -2.48. The number of methoxy groups -OCH3 is 1. The Morgan fingerprint density at radius 1 is 1.09 bits per heavy atom. The van der Waals surface area contributed by atoms with Crippen LogP contribution in [0.1, 0.15) is 10.8 Å². The van der Waals surface area contributed by atoms with Crippen molar-refractivity contribution in [1.82, 2.24) is 19.9 Å². The molecule has 0 saturated carbocycles. The maximum absolute atomic E-state index is 10.5. The average molecular weight is 495 g/mol. The van der Waals surface area contributed by atoms with Crippen LogP contribution in [-0.2, 0) is 6.54 Å². The zero-order valence-corrected chi connectivity index (χ0v) is 20.8. The quantitative estimate of drug-likeness (QED) is 0.376. The Morgan fingerprint density at radius 2 is 1.89 bits per heavy atom. The molecule has 1 aliphatic rings. The SMILES string of the molecule is COc1ccccc1-c1cc(CN2CCN(C[C@@H](O)COc3ccc4sc(C)nc4c3)CC2)on1. The summed E-state index contributed by atoms with van der Waals surface area (Å²) in [5.41, 5.74) is 2.65. The highest BCUT2D eigenvalue weighted by atomic mass is 32.1. The predicted molar refractivity (Wildman–Crippen MR) is 136 cm³/mol. The summed E-state index contributed by atoms with van der Waals surface area (Å²) < 4.78 is 18.0. The van der Waals surface area contributed by atoms with Crippen molar-refractivity contribution in [1.29, 1.82) is 0 Å². The fraction of sp³-hybridized carbons (Fsp3) is 0.385. The largest absolute Gasteiger partial charge is 0.496 e. The smallest absolute Gasteiger partial charge is 0.151 e. The number of fused-ring (bicyclic) bond motifs is 1. The van der Waals surface area contributed by atoms with Gasteiger partial charge in [0.15, 0.2) is 5.76 Å². The van der Waals surface area contributed by atoms with Crippen LogP contribution in [0.4, 0.5) is 0 Å². The number of aryl methyl sites for hydroxylation is 1. The molecule has 2 aromatic heterocycles. The van der Waals surface area contributed by atoms with Crippen LogP contribution in [0, 0.1) is 6.92 Å². The minimum absolute atomic E-state index is 0.263. The normalized spacial score (nSPS) is 16.0. The molecule has 9 heteroatoms. The number of nitrogens with zero attached hydrogens (tertiary/aromatic N) is 4. The van der Waals surface area contributed by atoms with Gasteiger partial charge in [0.25, 0.3) is 0 Å². The van der Waals surface area contributed by atoms with Crippen molar-refractivity contribution >= 4 is 21.6 Å². The summed E-state index contributed by atoms with van der Waals surface area (Å²) in [5, 5.41) is 15.8. The van der Waals surface area contributed by atoms with Crippen molar-refractivity contribution in [3.05, 3.63) is 59.3 Å². The average Bonchev–Trinajstić information content (AvgIpc) is 3.49. The number of thiazole rings is 1. The molecular formula is C26H30N4O4S. The molecule has 0 aliphatic carbocycles. The van der Waals surface area contributed by atoms with Gasteiger partial charge in [-0.15, -0.1) is 11.3 Å². The van der Waals surface area contributed by atoms with E-state index in [9.17, 15) is 5.11 Å². The van der Waals surface area contributed by atoms with E-state index in [2.05, 4.69) is 19.9 Å². The molecule has 1 atom stereocenters. The van der Waals surface area contributed by atoms with Crippen LogP contribution >= 0.6 is 11.3 Å². The first-order valence-electron chi connectivity index (χ1n) is 11.8. The number of hydrogen-bond acceptors (Lipinski definition) is 9. The molecule has 0 amide bonds. The minimum atomic E-state index is -0.549. The summed E-state index contributed by atoms with van der Waals surface area (Å²) in [7, 11) is 1.66. The van der Waals surface area contributed by atoms with Gasteiger partial charge in [0.2, 0.25) is 0 Å². The van der Waals surface area contributed by atoms with Gasteiger partial charge in [-0.2, -0.15) is 0 Å². The molecule has 1 N–H and O–H groups in total. The lowest BCUT2D eigenvalue weighted by atomic mass is 10.1. The number of β-amino-alcohol motifs (C(OH)–C–C–N with tert-alkyl or cyclic N) is 1. The van der Waals surface area contributed by atoms with Crippen LogP contribution in [0.15, 0.2) is 53.1 Å². The van der Waals surface area contributed by atoms with Crippen molar-refractivity contribution in [2.45, 2.75) is 19.6 Å². The van der Waals surface area contributed by atoms with E-state index in [1.165, 1.54) is 0 Å². The Balaban J connectivity index is 1.07. The van der Waals surface area contributed by atoms with E-state index < -0.39 is 6.10 Å². The molecule has 0 spiro atoms. The third-order valence-electron chi connectivity index (χ3n) is 6.16. The highest BCUT2D eigenvalue weighted by Gasteiger charge is 2.21. The Kier molecular flexibility index (Phi) is 7.29. The number of ether oxygens (including phenoxy) is 2. The van der Waals surface area contributed by atoms with Gasteiger partial charge in [-0.25, -0.2) is 4.98 Å². The summed E-state index contributed by atoms with van der Waals surface area (Å²) in [6.45, 7) is 7.13. The third kappa shape index (κ3) is 5.82. The van der Waals surface area contributed by atoms with Gasteiger partial charge >= 0.3 is 0 Å². The van der Waals surface area contributed by atoms with Gasteiger partial charge in [0.1, 0.15) is 29.9 Å². The number of piperazine rings is 1. The predicted octanol–water partition coefficient (Wildman–Crippen LogP) is 3.83. The summed E-state index contributed by atoms with van der Waals surface area (Å²) in [4.78, 5) is 9.12. The molecule has 1 aliphatic heterocycles. The Bertz CT molecular complexity index is 1270. The summed E-state index contributed by atoms with van der Waals surface area (Å²) in [6.07, 6.45) is -0.549. The number of aliphatic hydroxyl groups excluding tert-OH is 1. The Labute approximate surface area is 208 Å². The molecule has 4 aromatic rings. The molecule has 5 rings (SSSR count). The van der Waals surface area contributed by atoms with Crippen LogP contribution < -0.4 is 9.47 Å². The zero-order chi connectivity index (χ0) is 24.2. The van der Waals surface area contributed by atoms with Gasteiger partial charge in [-0.1, -0.05) is 17.3 Å². The fourth-order valence-corrected chi connectivity index (χ4v) is 5.18. The molecule has 0 unspecified atom stereocenters. The maximum atomic E-state index is 10.5. The summed E-state index contributed by atoms with van der Waals surface area (Å²) in [6, 6.07) is 15.7. The number of hydrogen-bond donors (Lipinski definition) is 1. The first kappa shape index (κ1) is 23.7. The van der Waals surface area contributed by atoms with Crippen molar-refractivity contribution in [2.24, 2.45) is 0 Å². The van der Waals surface area contributed by atoms with Crippen molar-refractivity contribution < 1.29 is 19.1 Å². The number of rotatable bonds is 9. The van der Waals surface area contributed by atoms with E-state index in [1.54, 1.807) is 18.4 Å². The molecule has 184 valence electrons. The van der Waals surface area contributed by atoms with E-state index in [0.29, 0.717) is 13.1 Å². The van der Waals surface area contributed by atoms with Crippen LogP contribution in [0.3, 0.4) is 0 Å². The molecule has 2 aromatic carbocycles. The third-order valence-corrected chi connectivity index (χ3v) is 7.12. The van der Waals surface area contributed by atoms with Crippen molar-refractivity contribution in [3.8, 4) is 22.8 Å². The lowest BCUT2D eigenvalue weighted by Gasteiger charge is -2.35. The van der Waals surface area contributed by atoms with Crippen LogP contribution in [0.25, 0.3) is 21.5 Å². The van der Waals surface area contributed by atoms with Gasteiger partial charge in [0, 0.05) is 50.4 Å². The Hall–Kier alpha value is -2.98. The molecule has 0 bridgehead atoms. The molecule has 1 saturated heterocycles. The number of para-hydroxylation sites is 1. The lowest BCUT2D eigenvalue weighted by molar-refractivity contribution is 0.0430. The van der Waals surface area contributed by atoms with Crippen molar-refractivity contribution in [2.75, 3.05) is 46.4 Å². The monoisotopic (exact) mass is 494 g/mol. The molecule has 3 heterocycles. The van der Waals surface area contributed by atoms with Gasteiger partial charge in [-0.3, -0.25) is 9.80 Å². The number of aliphatic hydroxyl groups is 1. The van der Waals surface area contributed by atoms with Gasteiger partial charge in [-0.05, 0) is 31.2 Å². The second kappa shape index (κ2) is 10.7. The first-order valence-corrected chi connectivity index (χ1v) is 12.6. The molecule has 1 fully saturated rings. The van der Waals surface area contributed by atoms with Crippen LogP contribution in [0.2, 0.25) is 0 Å². The van der Waals surface area contributed by atoms with E-state index in [4.69, 9.17) is 14.0 Å². The van der Waals surface area contributed by atoms with Gasteiger partial charge in [0.05, 0.1) is 28.9 Å². The maximum Gasteiger partial charge on any atom is 0.151 e. The molecular weight excluding hydrogens is 464 g/mol. The Morgan fingerprint density at radius 3 is 2.71 bits per heavy atom. The molecule has 8 nitrogen and oxygen atoms in total.